The third kappa shape index (κ3) is 4.89. The molecule has 152 valence electrons. The molecule has 0 saturated heterocycles. The highest BCUT2D eigenvalue weighted by Crippen LogP contribution is 2.34. The Hall–Kier alpha value is -2.88. The van der Waals surface area contributed by atoms with Crippen LogP contribution in [0.3, 0.4) is 0 Å². The molecule has 0 aromatic carbocycles. The maximum atomic E-state index is 12.6. The predicted molar refractivity (Wildman–Crippen MR) is 105 cm³/mol. The highest BCUT2D eigenvalue weighted by atomic mass is 32.1. The van der Waals surface area contributed by atoms with E-state index in [9.17, 15) is 14.4 Å². The lowest BCUT2D eigenvalue weighted by Gasteiger charge is -2.17. The normalized spacial score (nSPS) is 10.5. The summed E-state index contributed by atoms with van der Waals surface area (Å²) >= 11 is 0.994. The van der Waals surface area contributed by atoms with Crippen LogP contribution in [0, 0.1) is 6.92 Å². The maximum Gasteiger partial charge on any atom is 0.348 e. The summed E-state index contributed by atoms with van der Waals surface area (Å²) in [5.74, 6) is -1.14. The van der Waals surface area contributed by atoms with Gasteiger partial charge in [0.15, 0.2) is 0 Å². The summed E-state index contributed by atoms with van der Waals surface area (Å²) in [6.07, 6.45) is 3.48. The molecule has 0 fully saturated rings. The number of ether oxygens (including phenoxy) is 2. The molecule has 0 aliphatic rings. The summed E-state index contributed by atoms with van der Waals surface area (Å²) in [6, 6.07) is -0.425. The fraction of sp³-hybridized carbons (Fsp3) is 0.444. The first-order chi connectivity index (χ1) is 13.3. The molecule has 2 aromatic rings. The lowest BCUT2D eigenvalue weighted by molar-refractivity contribution is 0.0527. The fourth-order valence-electron chi connectivity index (χ4n) is 2.53. The van der Waals surface area contributed by atoms with Crippen molar-refractivity contribution < 1.29 is 23.9 Å². The Morgan fingerprint density at radius 2 is 1.86 bits per heavy atom. The number of esters is 2. The summed E-state index contributed by atoms with van der Waals surface area (Å²) in [5.41, 5.74) is 1.45. The van der Waals surface area contributed by atoms with Gasteiger partial charge in [-0.25, -0.2) is 14.4 Å². The summed E-state index contributed by atoms with van der Waals surface area (Å²) in [6.45, 7) is 5.74. The second-order valence-corrected chi connectivity index (χ2v) is 7.03. The Kier molecular flexibility index (Phi) is 7.16. The summed E-state index contributed by atoms with van der Waals surface area (Å²) < 4.78 is 11.8. The minimum atomic E-state index is -0.600. The van der Waals surface area contributed by atoms with Gasteiger partial charge in [0.25, 0.3) is 0 Å². The van der Waals surface area contributed by atoms with Crippen molar-refractivity contribution in [3.8, 4) is 0 Å². The quantitative estimate of drug-likeness (QED) is 0.707. The number of aryl methyl sites for hydroxylation is 1. The van der Waals surface area contributed by atoms with Crippen LogP contribution in [0.2, 0.25) is 0 Å². The monoisotopic (exact) mass is 408 g/mol. The Morgan fingerprint density at radius 3 is 2.43 bits per heavy atom. The summed E-state index contributed by atoms with van der Waals surface area (Å²) in [7, 11) is 3.42. The van der Waals surface area contributed by atoms with Crippen molar-refractivity contribution in [2.75, 3.05) is 25.6 Å². The van der Waals surface area contributed by atoms with E-state index in [0.717, 1.165) is 16.9 Å². The zero-order valence-corrected chi connectivity index (χ0v) is 17.4. The van der Waals surface area contributed by atoms with Crippen molar-refractivity contribution in [3.63, 3.8) is 0 Å². The summed E-state index contributed by atoms with van der Waals surface area (Å²) in [5, 5.41) is 7.03. The van der Waals surface area contributed by atoms with Gasteiger partial charge < -0.3 is 14.4 Å². The van der Waals surface area contributed by atoms with Crippen LogP contribution in [0.5, 0.6) is 0 Å². The molecule has 2 rings (SSSR count). The van der Waals surface area contributed by atoms with Crippen molar-refractivity contribution in [3.05, 3.63) is 34.0 Å². The number of amides is 2. The number of nitrogens with zero attached hydrogens (tertiary/aromatic N) is 3. The van der Waals surface area contributed by atoms with Gasteiger partial charge in [-0.2, -0.15) is 5.10 Å². The van der Waals surface area contributed by atoms with Crippen LogP contribution in [0.15, 0.2) is 12.4 Å². The standard InChI is InChI=1S/C18H24N4O5S/c1-6-26-16(23)13-11(3)14(17(24)27-7-2)28-15(13)20-18(25)21(4)9-12-8-19-22(5)10-12/h8,10H,6-7,9H2,1-5H3,(H,20,25). The fourth-order valence-corrected chi connectivity index (χ4v) is 3.61. The van der Waals surface area contributed by atoms with Gasteiger partial charge in [0.1, 0.15) is 9.88 Å². The Balaban J connectivity index is 2.26. The first kappa shape index (κ1) is 21.4. The zero-order valence-electron chi connectivity index (χ0n) is 16.6. The molecular formula is C18H24N4O5S. The van der Waals surface area contributed by atoms with E-state index in [0.29, 0.717) is 12.1 Å². The SMILES string of the molecule is CCOC(=O)c1sc(NC(=O)N(C)Cc2cnn(C)c2)c(C(=O)OCC)c1C. The number of carbonyl (C=O) groups is 3. The molecule has 10 heteroatoms. The van der Waals surface area contributed by atoms with Gasteiger partial charge in [0, 0.05) is 25.9 Å². The van der Waals surface area contributed by atoms with Gasteiger partial charge in [0.05, 0.1) is 31.5 Å². The van der Waals surface area contributed by atoms with Gasteiger partial charge in [-0.05, 0) is 26.3 Å². The third-order valence-corrected chi connectivity index (χ3v) is 5.02. The Labute approximate surface area is 167 Å². The number of aromatic nitrogens is 2. The van der Waals surface area contributed by atoms with Crippen LogP contribution in [0.4, 0.5) is 9.80 Å². The average Bonchev–Trinajstić information content (AvgIpc) is 3.18. The molecule has 2 aromatic heterocycles. The minimum absolute atomic E-state index is 0.165. The van der Waals surface area contributed by atoms with Crippen LogP contribution >= 0.6 is 11.3 Å². The second-order valence-electron chi connectivity index (χ2n) is 6.01. The van der Waals surface area contributed by atoms with Gasteiger partial charge >= 0.3 is 18.0 Å². The van der Waals surface area contributed by atoms with E-state index >= 15 is 0 Å². The van der Waals surface area contributed by atoms with Crippen LogP contribution in [-0.2, 0) is 23.1 Å². The lowest BCUT2D eigenvalue weighted by Crippen LogP contribution is -2.31. The first-order valence-corrected chi connectivity index (χ1v) is 9.57. The van der Waals surface area contributed by atoms with Crippen LogP contribution in [-0.4, -0.2) is 52.9 Å². The molecule has 0 spiro atoms. The molecule has 0 unspecified atom stereocenters. The molecule has 28 heavy (non-hydrogen) atoms. The number of hydrogen-bond acceptors (Lipinski definition) is 7. The number of hydrogen-bond donors (Lipinski definition) is 1. The first-order valence-electron chi connectivity index (χ1n) is 8.75. The van der Waals surface area contributed by atoms with Gasteiger partial charge in [-0.1, -0.05) is 0 Å². The summed E-state index contributed by atoms with van der Waals surface area (Å²) in [4.78, 5) is 38.9. The van der Waals surface area contributed by atoms with E-state index in [1.807, 2.05) is 6.20 Å². The number of urea groups is 1. The minimum Gasteiger partial charge on any atom is -0.462 e. The Morgan fingerprint density at radius 1 is 1.21 bits per heavy atom. The van der Waals surface area contributed by atoms with Crippen molar-refractivity contribution in [1.82, 2.24) is 14.7 Å². The van der Waals surface area contributed by atoms with Crippen LogP contribution in [0.25, 0.3) is 0 Å². The molecule has 1 N–H and O–H groups in total. The lowest BCUT2D eigenvalue weighted by atomic mass is 10.1. The van der Waals surface area contributed by atoms with E-state index in [1.54, 1.807) is 45.7 Å². The van der Waals surface area contributed by atoms with Gasteiger partial charge in [0.2, 0.25) is 0 Å². The molecule has 0 aliphatic carbocycles. The van der Waals surface area contributed by atoms with E-state index in [2.05, 4.69) is 10.4 Å². The van der Waals surface area contributed by atoms with E-state index in [4.69, 9.17) is 9.47 Å². The van der Waals surface area contributed by atoms with Crippen LogP contribution in [0.1, 0.15) is 45.0 Å². The molecule has 2 heterocycles. The molecular weight excluding hydrogens is 384 g/mol. The van der Waals surface area contributed by atoms with Crippen LogP contribution < -0.4 is 5.32 Å². The number of nitrogens with one attached hydrogen (secondary N) is 1. The third-order valence-electron chi connectivity index (χ3n) is 3.83. The smallest absolute Gasteiger partial charge is 0.348 e. The highest BCUT2D eigenvalue weighted by Gasteiger charge is 2.27. The topological polar surface area (TPSA) is 103 Å². The largest absolute Gasteiger partial charge is 0.462 e. The highest BCUT2D eigenvalue weighted by molar-refractivity contribution is 7.18. The number of anilines is 1. The Bertz CT molecular complexity index is 873. The number of thiophene rings is 1. The molecule has 0 aliphatic heterocycles. The molecule has 9 nitrogen and oxygen atoms in total. The van der Waals surface area contributed by atoms with Crippen molar-refractivity contribution in [2.24, 2.45) is 7.05 Å². The molecule has 0 radical (unpaired) electrons. The zero-order chi connectivity index (χ0) is 20.8. The molecule has 0 atom stereocenters. The van der Waals surface area contributed by atoms with Crippen molar-refractivity contribution >= 4 is 34.3 Å². The van der Waals surface area contributed by atoms with Gasteiger partial charge in [-0.3, -0.25) is 10.00 Å². The van der Waals surface area contributed by atoms with Crippen molar-refractivity contribution in [2.45, 2.75) is 27.3 Å². The predicted octanol–water partition coefficient (Wildman–Crippen LogP) is 2.81. The van der Waals surface area contributed by atoms with Crippen molar-refractivity contribution in [1.29, 1.82) is 0 Å². The van der Waals surface area contributed by atoms with E-state index in [1.165, 1.54) is 4.90 Å². The second kappa shape index (κ2) is 9.36. The van der Waals surface area contributed by atoms with Gasteiger partial charge in [-0.15, -0.1) is 11.3 Å². The van der Waals surface area contributed by atoms with E-state index in [-0.39, 0.29) is 28.7 Å². The number of carbonyl (C=O) groups excluding carboxylic acids is 3. The maximum absolute atomic E-state index is 12.6. The molecule has 0 bridgehead atoms. The van der Waals surface area contributed by atoms with E-state index < -0.39 is 18.0 Å². The molecule has 2 amide bonds. The molecule has 0 saturated carbocycles. The number of rotatable bonds is 7. The average molecular weight is 408 g/mol.